The minimum Gasteiger partial charge on any atom is -0.494 e. The van der Waals surface area contributed by atoms with Gasteiger partial charge in [0.1, 0.15) is 11.0 Å². The summed E-state index contributed by atoms with van der Waals surface area (Å²) in [5.41, 5.74) is 0.462. The zero-order valence-corrected chi connectivity index (χ0v) is 12.7. The minimum absolute atomic E-state index is 0.236. The number of hydrogen-bond acceptors (Lipinski definition) is 5. The van der Waals surface area contributed by atoms with Crippen molar-refractivity contribution >= 4 is 19.7 Å². The van der Waals surface area contributed by atoms with Crippen LogP contribution in [0.3, 0.4) is 0 Å². The number of benzene rings is 1. The van der Waals surface area contributed by atoms with Crippen LogP contribution in [0.4, 0.5) is 0 Å². The van der Waals surface area contributed by atoms with Gasteiger partial charge < -0.3 is 4.74 Å². The first-order valence-corrected chi connectivity index (χ1v) is 9.61. The third-order valence-corrected chi connectivity index (χ3v) is 6.56. The van der Waals surface area contributed by atoms with Crippen molar-refractivity contribution in [2.75, 3.05) is 18.1 Å². The van der Waals surface area contributed by atoms with Crippen LogP contribution in [-0.2, 0) is 19.7 Å². The van der Waals surface area contributed by atoms with Crippen molar-refractivity contribution in [2.24, 2.45) is 0 Å². The van der Waals surface area contributed by atoms with E-state index in [0.717, 1.165) is 5.41 Å². The zero-order chi connectivity index (χ0) is 14.8. The van der Waals surface area contributed by atoms with Gasteiger partial charge in [0.15, 0.2) is 19.7 Å². The Labute approximate surface area is 119 Å². The highest BCUT2D eigenvalue weighted by Gasteiger charge is 2.32. The molecule has 0 bridgehead atoms. The van der Waals surface area contributed by atoms with Crippen LogP contribution >= 0.6 is 0 Å². The van der Waals surface area contributed by atoms with Crippen LogP contribution in [0.5, 0.6) is 5.75 Å². The fourth-order valence-corrected chi connectivity index (χ4v) is 5.81. The van der Waals surface area contributed by atoms with Crippen LogP contribution in [0.2, 0.25) is 0 Å². The molecule has 1 atom stereocenters. The highest BCUT2D eigenvalue weighted by molar-refractivity contribution is 7.97. The Bertz CT molecular complexity index is 700. The van der Waals surface area contributed by atoms with Gasteiger partial charge in [0.2, 0.25) is 0 Å². The van der Waals surface area contributed by atoms with Gasteiger partial charge in [-0.2, -0.15) is 0 Å². The van der Waals surface area contributed by atoms with Crippen molar-refractivity contribution < 1.29 is 21.6 Å². The standard InChI is InChI=1S/C13H16O5S2/c1-2-18-12-6-4-11(5-7-12)13-10-19(14,15)8-3-9-20(13,16)17/h3-7,9,13H,2,8,10H2,1H3. The van der Waals surface area contributed by atoms with E-state index >= 15 is 0 Å². The lowest BCUT2D eigenvalue weighted by molar-refractivity contribution is 0.340. The normalized spacial score (nSPS) is 23.9. The molecule has 1 aliphatic heterocycles. The summed E-state index contributed by atoms with van der Waals surface area (Å²) in [6.45, 7) is 2.36. The number of hydrogen-bond donors (Lipinski definition) is 0. The van der Waals surface area contributed by atoms with E-state index in [0.29, 0.717) is 17.9 Å². The number of sulfone groups is 2. The molecule has 5 nitrogen and oxygen atoms in total. The second kappa shape index (κ2) is 5.57. The maximum atomic E-state index is 12.1. The molecule has 0 aliphatic carbocycles. The lowest BCUT2D eigenvalue weighted by Crippen LogP contribution is -2.20. The number of rotatable bonds is 3. The van der Waals surface area contributed by atoms with Gasteiger partial charge in [-0.1, -0.05) is 18.2 Å². The monoisotopic (exact) mass is 316 g/mol. The molecule has 1 aromatic carbocycles. The van der Waals surface area contributed by atoms with Crippen LogP contribution in [-0.4, -0.2) is 34.9 Å². The van der Waals surface area contributed by atoms with E-state index in [9.17, 15) is 16.8 Å². The Morgan fingerprint density at radius 1 is 1.15 bits per heavy atom. The molecule has 2 rings (SSSR count). The third-order valence-electron chi connectivity index (χ3n) is 3.00. The molecule has 110 valence electrons. The molecular formula is C13H16O5S2. The largest absolute Gasteiger partial charge is 0.494 e. The van der Waals surface area contributed by atoms with Gasteiger partial charge in [-0.3, -0.25) is 0 Å². The number of ether oxygens (including phenoxy) is 1. The average molecular weight is 316 g/mol. The van der Waals surface area contributed by atoms with Crippen molar-refractivity contribution in [3.8, 4) is 5.75 Å². The first-order chi connectivity index (χ1) is 9.34. The van der Waals surface area contributed by atoms with Gasteiger partial charge in [0, 0.05) is 5.41 Å². The van der Waals surface area contributed by atoms with Crippen molar-refractivity contribution in [3.63, 3.8) is 0 Å². The molecule has 0 fully saturated rings. The van der Waals surface area contributed by atoms with Crippen molar-refractivity contribution in [3.05, 3.63) is 41.3 Å². The fourth-order valence-electron chi connectivity index (χ4n) is 2.04. The summed E-state index contributed by atoms with van der Waals surface area (Å²) in [6, 6.07) is 6.49. The maximum absolute atomic E-state index is 12.1. The summed E-state index contributed by atoms with van der Waals surface area (Å²) in [5.74, 6) is -0.00327. The second-order valence-electron chi connectivity index (χ2n) is 4.53. The van der Waals surface area contributed by atoms with Crippen LogP contribution in [0.25, 0.3) is 0 Å². The molecule has 0 N–H and O–H groups in total. The summed E-state index contributed by atoms with van der Waals surface area (Å²) < 4.78 is 53.1. The predicted molar refractivity (Wildman–Crippen MR) is 77.1 cm³/mol. The molecule has 0 amide bonds. The van der Waals surface area contributed by atoms with E-state index in [1.54, 1.807) is 24.3 Å². The van der Waals surface area contributed by atoms with Gasteiger partial charge >= 0.3 is 0 Å². The highest BCUT2D eigenvalue weighted by atomic mass is 32.2. The molecule has 0 radical (unpaired) electrons. The molecule has 0 aromatic heterocycles. The van der Waals surface area contributed by atoms with E-state index in [2.05, 4.69) is 0 Å². The van der Waals surface area contributed by atoms with Crippen LogP contribution in [0.15, 0.2) is 35.7 Å². The molecule has 1 unspecified atom stereocenters. The van der Waals surface area contributed by atoms with Crippen molar-refractivity contribution in [1.82, 2.24) is 0 Å². The summed E-state index contributed by atoms with van der Waals surface area (Å²) in [5, 5.41) is -0.0551. The maximum Gasteiger partial charge on any atom is 0.179 e. The first-order valence-electron chi connectivity index (χ1n) is 6.18. The van der Waals surface area contributed by atoms with Gasteiger partial charge in [0.05, 0.1) is 18.1 Å². The molecule has 0 spiro atoms. The minimum atomic E-state index is -3.61. The van der Waals surface area contributed by atoms with E-state index in [1.807, 2.05) is 6.92 Å². The zero-order valence-electron chi connectivity index (χ0n) is 11.0. The molecule has 0 saturated heterocycles. The second-order valence-corrected chi connectivity index (χ2v) is 8.70. The Balaban J connectivity index is 2.40. The Hall–Kier alpha value is -1.34. The van der Waals surface area contributed by atoms with Gasteiger partial charge in [-0.05, 0) is 24.6 Å². The van der Waals surface area contributed by atoms with Gasteiger partial charge in [0.25, 0.3) is 0 Å². The van der Waals surface area contributed by atoms with E-state index in [4.69, 9.17) is 4.74 Å². The SMILES string of the molecule is CCOc1ccc(C2CS(=O)(=O)CC=CS2(=O)=O)cc1. The molecule has 1 aromatic rings. The highest BCUT2D eigenvalue weighted by Crippen LogP contribution is 2.29. The van der Waals surface area contributed by atoms with E-state index in [-0.39, 0.29) is 5.75 Å². The smallest absolute Gasteiger partial charge is 0.179 e. The molecule has 1 aliphatic rings. The van der Waals surface area contributed by atoms with Gasteiger partial charge in [-0.25, -0.2) is 16.8 Å². The molecule has 0 saturated carbocycles. The topological polar surface area (TPSA) is 77.5 Å². The quantitative estimate of drug-likeness (QED) is 0.844. The van der Waals surface area contributed by atoms with E-state index < -0.39 is 30.7 Å². The summed E-state index contributed by atoms with van der Waals surface area (Å²) in [6.07, 6.45) is 1.19. The molecule has 7 heteroatoms. The molecular weight excluding hydrogens is 300 g/mol. The Kier molecular flexibility index (Phi) is 4.19. The average Bonchev–Trinajstić information content (AvgIpc) is 2.47. The Morgan fingerprint density at radius 2 is 1.80 bits per heavy atom. The lowest BCUT2D eigenvalue weighted by Gasteiger charge is -2.14. The Morgan fingerprint density at radius 3 is 2.40 bits per heavy atom. The lowest BCUT2D eigenvalue weighted by atomic mass is 10.1. The summed E-state index contributed by atoms with van der Waals surface area (Å²) in [4.78, 5) is 0. The van der Waals surface area contributed by atoms with Crippen molar-refractivity contribution in [1.29, 1.82) is 0 Å². The summed E-state index contributed by atoms with van der Waals surface area (Å²) in [7, 11) is -7.01. The summed E-state index contributed by atoms with van der Waals surface area (Å²) >= 11 is 0. The molecule has 20 heavy (non-hydrogen) atoms. The van der Waals surface area contributed by atoms with Crippen LogP contribution in [0, 0.1) is 0 Å². The first kappa shape index (κ1) is 15.1. The predicted octanol–water partition coefficient (Wildman–Crippen LogP) is 1.48. The van der Waals surface area contributed by atoms with Gasteiger partial charge in [-0.15, -0.1) is 0 Å². The molecule has 1 heterocycles. The van der Waals surface area contributed by atoms with Crippen LogP contribution < -0.4 is 4.74 Å². The van der Waals surface area contributed by atoms with Crippen molar-refractivity contribution in [2.45, 2.75) is 12.2 Å². The van der Waals surface area contributed by atoms with Crippen LogP contribution in [0.1, 0.15) is 17.7 Å². The fraction of sp³-hybridized carbons (Fsp3) is 0.385. The van der Waals surface area contributed by atoms with E-state index in [1.165, 1.54) is 6.08 Å². The third kappa shape index (κ3) is 3.40.